The summed E-state index contributed by atoms with van der Waals surface area (Å²) in [6.45, 7) is 11.0. The molecule has 0 spiro atoms. The second kappa shape index (κ2) is 8.78. The number of methoxy groups -OCH3 is 1. The molecule has 1 aromatic carbocycles. The minimum atomic E-state index is -0.490. The van der Waals surface area contributed by atoms with E-state index >= 15 is 0 Å². The van der Waals surface area contributed by atoms with Crippen LogP contribution in [0.1, 0.15) is 33.6 Å². The number of carbonyl (C=O) groups excluding carboxylic acids is 1. The van der Waals surface area contributed by atoms with Crippen molar-refractivity contribution in [3.63, 3.8) is 0 Å². The topological polar surface area (TPSA) is 45.3 Å². The fourth-order valence-corrected chi connectivity index (χ4v) is 4.11. The number of carbonyl (C=O) groups is 1. The summed E-state index contributed by atoms with van der Waals surface area (Å²) in [4.78, 5) is 19.5. The molecule has 1 amide bonds. The predicted octanol–water partition coefficient (Wildman–Crippen LogP) is 3.87. The maximum absolute atomic E-state index is 12.8. The number of hydrogen-bond donors (Lipinski definition) is 0. The summed E-state index contributed by atoms with van der Waals surface area (Å²) in [5, 5.41) is 0.604. The van der Waals surface area contributed by atoms with Gasteiger partial charge in [-0.2, -0.15) is 0 Å². The van der Waals surface area contributed by atoms with Crippen LogP contribution in [0, 0.1) is 0 Å². The summed E-state index contributed by atoms with van der Waals surface area (Å²) >= 11 is 6.18. The molecule has 6 nitrogen and oxygen atoms in total. The highest BCUT2D eigenvalue weighted by Gasteiger charge is 2.35. The normalized spacial score (nSPS) is 21.1. The van der Waals surface area contributed by atoms with Crippen LogP contribution in [-0.4, -0.2) is 73.9 Å². The number of hydrogen-bond acceptors (Lipinski definition) is 5. The van der Waals surface area contributed by atoms with E-state index in [9.17, 15) is 4.79 Å². The maximum Gasteiger partial charge on any atom is 0.410 e. The molecule has 0 bridgehead atoms. The minimum Gasteiger partial charge on any atom is -0.495 e. The van der Waals surface area contributed by atoms with Crippen molar-refractivity contribution in [2.75, 3.05) is 51.3 Å². The summed E-state index contributed by atoms with van der Waals surface area (Å²) in [5.41, 5.74) is 0.576. The van der Waals surface area contributed by atoms with E-state index < -0.39 is 5.60 Å². The van der Waals surface area contributed by atoms with Crippen LogP contribution < -0.4 is 9.64 Å². The number of piperazine rings is 1. The van der Waals surface area contributed by atoms with E-state index in [0.717, 1.165) is 38.4 Å². The first-order valence-corrected chi connectivity index (χ1v) is 10.4. The molecular weight excluding hydrogens is 378 g/mol. The van der Waals surface area contributed by atoms with Crippen LogP contribution in [0.4, 0.5) is 10.5 Å². The maximum atomic E-state index is 12.8. The average molecular weight is 410 g/mol. The zero-order valence-electron chi connectivity index (χ0n) is 17.4. The van der Waals surface area contributed by atoms with E-state index in [1.54, 1.807) is 7.11 Å². The molecule has 0 saturated carbocycles. The number of likely N-dealkylation sites (tertiary alicyclic amines) is 1. The van der Waals surface area contributed by atoms with Gasteiger partial charge in [-0.05, 0) is 58.8 Å². The minimum absolute atomic E-state index is 0.0865. The second-order valence-electron chi connectivity index (χ2n) is 8.60. The molecule has 2 fully saturated rings. The SMILES string of the molecule is COc1cc(N2CCN(C(=O)OC(C)(C)C)C(CN3CCCC3)C2)ccc1Cl. The van der Waals surface area contributed by atoms with Crippen molar-refractivity contribution in [3.05, 3.63) is 23.2 Å². The molecule has 0 radical (unpaired) electrons. The number of ether oxygens (including phenoxy) is 2. The Morgan fingerprint density at radius 3 is 2.54 bits per heavy atom. The Bertz CT molecular complexity index is 686. The smallest absolute Gasteiger partial charge is 0.410 e. The third kappa shape index (κ3) is 5.23. The molecule has 156 valence electrons. The van der Waals surface area contributed by atoms with Crippen molar-refractivity contribution in [1.29, 1.82) is 0 Å². The Hall–Kier alpha value is -1.66. The van der Waals surface area contributed by atoms with Gasteiger partial charge in [-0.15, -0.1) is 0 Å². The van der Waals surface area contributed by atoms with Gasteiger partial charge < -0.3 is 24.2 Å². The van der Waals surface area contributed by atoms with E-state index in [0.29, 0.717) is 17.3 Å². The molecule has 2 aliphatic rings. The molecule has 0 aliphatic carbocycles. The van der Waals surface area contributed by atoms with Crippen LogP contribution in [0.25, 0.3) is 0 Å². The largest absolute Gasteiger partial charge is 0.495 e. The van der Waals surface area contributed by atoms with Crippen LogP contribution in [0.3, 0.4) is 0 Å². The first-order valence-electron chi connectivity index (χ1n) is 10.1. The lowest BCUT2D eigenvalue weighted by atomic mass is 10.1. The van der Waals surface area contributed by atoms with Gasteiger partial charge >= 0.3 is 6.09 Å². The Balaban J connectivity index is 1.76. The predicted molar refractivity (Wildman–Crippen MR) is 113 cm³/mol. The molecule has 2 heterocycles. The monoisotopic (exact) mass is 409 g/mol. The molecule has 0 N–H and O–H groups in total. The van der Waals surface area contributed by atoms with Gasteiger partial charge in [0.15, 0.2) is 0 Å². The van der Waals surface area contributed by atoms with Gasteiger partial charge in [0.1, 0.15) is 11.4 Å². The van der Waals surface area contributed by atoms with Crippen LogP contribution in [-0.2, 0) is 4.74 Å². The Labute approximate surface area is 173 Å². The number of nitrogens with zero attached hydrogens (tertiary/aromatic N) is 3. The average Bonchev–Trinajstić information content (AvgIpc) is 3.13. The number of benzene rings is 1. The lowest BCUT2D eigenvalue weighted by molar-refractivity contribution is 0.0107. The highest BCUT2D eigenvalue weighted by Crippen LogP contribution is 2.31. The summed E-state index contributed by atoms with van der Waals surface area (Å²) in [5.74, 6) is 0.671. The first-order chi connectivity index (χ1) is 13.3. The molecule has 28 heavy (non-hydrogen) atoms. The fourth-order valence-electron chi connectivity index (χ4n) is 3.92. The first kappa shape index (κ1) is 21.1. The standard InChI is InChI=1S/C21H32ClN3O3/c1-21(2,3)28-20(26)25-12-11-24(15-17(25)14-23-9-5-6-10-23)16-7-8-18(22)19(13-16)27-4/h7-8,13,17H,5-6,9-12,14-15H2,1-4H3. The van der Waals surface area contributed by atoms with Crippen LogP contribution in [0.5, 0.6) is 5.75 Å². The van der Waals surface area contributed by atoms with E-state index in [1.165, 1.54) is 12.8 Å². The molecule has 1 unspecified atom stereocenters. The molecule has 0 aromatic heterocycles. The lowest BCUT2D eigenvalue weighted by Crippen LogP contribution is -2.59. The van der Waals surface area contributed by atoms with Gasteiger partial charge in [-0.25, -0.2) is 4.79 Å². The quantitative estimate of drug-likeness (QED) is 0.755. The van der Waals surface area contributed by atoms with Gasteiger partial charge in [-0.1, -0.05) is 11.6 Å². The Kier molecular flexibility index (Phi) is 6.61. The number of rotatable bonds is 4. The zero-order chi connectivity index (χ0) is 20.3. The molecule has 2 saturated heterocycles. The van der Waals surface area contributed by atoms with E-state index in [-0.39, 0.29) is 12.1 Å². The third-order valence-electron chi connectivity index (χ3n) is 5.28. The van der Waals surface area contributed by atoms with Crippen molar-refractivity contribution < 1.29 is 14.3 Å². The summed E-state index contributed by atoms with van der Waals surface area (Å²) in [6, 6.07) is 5.94. The summed E-state index contributed by atoms with van der Waals surface area (Å²) < 4.78 is 11.1. The molecule has 1 aromatic rings. The molecule has 3 rings (SSSR count). The Morgan fingerprint density at radius 2 is 1.89 bits per heavy atom. The Morgan fingerprint density at radius 1 is 1.18 bits per heavy atom. The van der Waals surface area contributed by atoms with E-state index in [4.69, 9.17) is 21.1 Å². The highest BCUT2D eigenvalue weighted by molar-refractivity contribution is 6.32. The summed E-state index contributed by atoms with van der Waals surface area (Å²) in [6.07, 6.45) is 2.25. The van der Waals surface area contributed by atoms with Gasteiger partial charge in [-0.3, -0.25) is 0 Å². The second-order valence-corrected chi connectivity index (χ2v) is 9.01. The van der Waals surface area contributed by atoms with Gasteiger partial charge in [0.25, 0.3) is 0 Å². The molecule has 7 heteroatoms. The van der Waals surface area contributed by atoms with E-state index in [1.807, 2.05) is 43.9 Å². The van der Waals surface area contributed by atoms with Crippen molar-refractivity contribution in [2.45, 2.75) is 45.3 Å². The zero-order valence-corrected chi connectivity index (χ0v) is 18.2. The number of anilines is 1. The molecule has 1 atom stereocenters. The summed E-state index contributed by atoms with van der Waals surface area (Å²) in [7, 11) is 1.63. The van der Waals surface area contributed by atoms with Crippen LogP contribution in [0.2, 0.25) is 5.02 Å². The lowest BCUT2D eigenvalue weighted by Gasteiger charge is -2.43. The van der Waals surface area contributed by atoms with Gasteiger partial charge in [0.2, 0.25) is 0 Å². The number of amides is 1. The van der Waals surface area contributed by atoms with Crippen molar-refractivity contribution >= 4 is 23.4 Å². The highest BCUT2D eigenvalue weighted by atomic mass is 35.5. The van der Waals surface area contributed by atoms with Crippen molar-refractivity contribution in [3.8, 4) is 5.75 Å². The van der Waals surface area contributed by atoms with Crippen molar-refractivity contribution in [2.24, 2.45) is 0 Å². The third-order valence-corrected chi connectivity index (χ3v) is 5.59. The van der Waals surface area contributed by atoms with E-state index in [2.05, 4.69) is 9.80 Å². The van der Waals surface area contributed by atoms with Crippen molar-refractivity contribution in [1.82, 2.24) is 9.80 Å². The molecular formula is C21H32ClN3O3. The number of halogens is 1. The fraction of sp³-hybridized carbons (Fsp3) is 0.667. The van der Waals surface area contributed by atoms with Gasteiger partial charge in [0.05, 0.1) is 18.2 Å². The van der Waals surface area contributed by atoms with Crippen LogP contribution >= 0.6 is 11.6 Å². The molecule has 2 aliphatic heterocycles. The van der Waals surface area contributed by atoms with Crippen LogP contribution in [0.15, 0.2) is 18.2 Å². The van der Waals surface area contributed by atoms with Gasteiger partial charge in [0, 0.05) is 37.9 Å².